The summed E-state index contributed by atoms with van der Waals surface area (Å²) in [7, 11) is 0. The Balaban J connectivity index is 2.03. The fraction of sp³-hybridized carbons (Fsp3) is 0.636. The van der Waals surface area contributed by atoms with Crippen LogP contribution in [-0.2, 0) is 4.74 Å². The van der Waals surface area contributed by atoms with E-state index in [9.17, 15) is 0 Å². The van der Waals surface area contributed by atoms with Gasteiger partial charge in [-0.3, -0.25) is 0 Å². The lowest BCUT2D eigenvalue weighted by atomic mass is 10.3. The second-order valence-corrected chi connectivity index (χ2v) is 4.28. The molecule has 1 rings (SSSR count). The summed E-state index contributed by atoms with van der Waals surface area (Å²) in [5.74, 6) is 0.843. The van der Waals surface area contributed by atoms with Gasteiger partial charge in [-0.05, 0) is 28.8 Å². The number of halogens is 1. The van der Waals surface area contributed by atoms with E-state index in [0.29, 0.717) is 0 Å². The summed E-state index contributed by atoms with van der Waals surface area (Å²) in [4.78, 5) is 8.05. The first-order valence-electron chi connectivity index (χ1n) is 5.62. The highest BCUT2D eigenvalue weighted by molar-refractivity contribution is 9.10. The molecule has 1 heterocycles. The molecule has 0 fully saturated rings. The standard InChI is InChI=1S/C11H18BrN3O/c1-2-3-6-16-7-4-5-13-11-8-10(12)14-9-15-11/h8-9H,2-7H2,1H3,(H,13,14,15). The monoisotopic (exact) mass is 287 g/mol. The van der Waals surface area contributed by atoms with Crippen LogP contribution in [-0.4, -0.2) is 29.7 Å². The summed E-state index contributed by atoms with van der Waals surface area (Å²) in [6.45, 7) is 4.71. The third kappa shape index (κ3) is 6.02. The van der Waals surface area contributed by atoms with Crippen molar-refractivity contribution in [2.45, 2.75) is 26.2 Å². The molecule has 0 saturated heterocycles. The van der Waals surface area contributed by atoms with Crippen LogP contribution in [0.4, 0.5) is 5.82 Å². The van der Waals surface area contributed by atoms with Crippen LogP contribution < -0.4 is 5.32 Å². The molecular formula is C11H18BrN3O. The predicted molar refractivity (Wildman–Crippen MR) is 68.6 cm³/mol. The Hall–Kier alpha value is -0.680. The Bertz CT molecular complexity index is 296. The largest absolute Gasteiger partial charge is 0.381 e. The molecule has 90 valence electrons. The summed E-state index contributed by atoms with van der Waals surface area (Å²) < 4.78 is 6.25. The van der Waals surface area contributed by atoms with Crippen molar-refractivity contribution < 1.29 is 4.74 Å². The molecule has 0 aromatic carbocycles. The van der Waals surface area contributed by atoms with E-state index in [1.165, 1.54) is 12.7 Å². The zero-order valence-corrected chi connectivity index (χ0v) is 11.2. The topological polar surface area (TPSA) is 47.0 Å². The second-order valence-electron chi connectivity index (χ2n) is 3.47. The first-order chi connectivity index (χ1) is 7.83. The summed E-state index contributed by atoms with van der Waals surface area (Å²) >= 11 is 3.30. The molecule has 0 amide bonds. The summed E-state index contributed by atoms with van der Waals surface area (Å²) in [5.41, 5.74) is 0. The Morgan fingerprint density at radius 3 is 2.88 bits per heavy atom. The average molecular weight is 288 g/mol. The van der Waals surface area contributed by atoms with E-state index < -0.39 is 0 Å². The Morgan fingerprint density at radius 1 is 1.31 bits per heavy atom. The van der Waals surface area contributed by atoms with Gasteiger partial charge >= 0.3 is 0 Å². The van der Waals surface area contributed by atoms with Gasteiger partial charge in [0.1, 0.15) is 16.7 Å². The van der Waals surface area contributed by atoms with Gasteiger partial charge in [-0.15, -0.1) is 0 Å². The molecule has 0 aliphatic heterocycles. The third-order valence-corrected chi connectivity index (χ3v) is 2.48. The van der Waals surface area contributed by atoms with Crippen LogP contribution in [0.5, 0.6) is 0 Å². The van der Waals surface area contributed by atoms with Crippen molar-refractivity contribution in [3.8, 4) is 0 Å². The molecule has 16 heavy (non-hydrogen) atoms. The lowest BCUT2D eigenvalue weighted by Crippen LogP contribution is -2.07. The van der Waals surface area contributed by atoms with Gasteiger partial charge in [0, 0.05) is 25.8 Å². The van der Waals surface area contributed by atoms with E-state index in [1.807, 2.05) is 6.07 Å². The molecule has 0 atom stereocenters. The number of ether oxygens (including phenoxy) is 1. The third-order valence-electron chi connectivity index (χ3n) is 2.05. The van der Waals surface area contributed by atoms with E-state index in [-0.39, 0.29) is 0 Å². The molecule has 1 aromatic rings. The van der Waals surface area contributed by atoms with Crippen molar-refractivity contribution in [1.82, 2.24) is 9.97 Å². The second kappa shape index (κ2) is 8.47. The van der Waals surface area contributed by atoms with Crippen LogP contribution >= 0.6 is 15.9 Å². The molecule has 0 spiro atoms. The number of hydrogen-bond donors (Lipinski definition) is 1. The number of aromatic nitrogens is 2. The minimum atomic E-state index is 0.796. The van der Waals surface area contributed by atoms with Gasteiger partial charge in [0.05, 0.1) is 0 Å². The fourth-order valence-corrected chi connectivity index (χ4v) is 1.48. The molecule has 0 unspecified atom stereocenters. The number of nitrogens with one attached hydrogen (secondary N) is 1. The van der Waals surface area contributed by atoms with Crippen LogP contribution in [0.15, 0.2) is 17.0 Å². The first kappa shape index (κ1) is 13.4. The number of rotatable bonds is 8. The summed E-state index contributed by atoms with van der Waals surface area (Å²) in [6, 6.07) is 1.86. The highest BCUT2D eigenvalue weighted by Gasteiger charge is 1.95. The quantitative estimate of drug-likeness (QED) is 0.590. The summed E-state index contributed by atoms with van der Waals surface area (Å²) in [5, 5.41) is 3.22. The molecule has 1 N–H and O–H groups in total. The van der Waals surface area contributed by atoms with Gasteiger partial charge in [0.15, 0.2) is 0 Å². The zero-order chi connectivity index (χ0) is 11.6. The molecular weight excluding hydrogens is 270 g/mol. The van der Waals surface area contributed by atoms with E-state index in [2.05, 4.69) is 38.1 Å². The maximum atomic E-state index is 5.45. The molecule has 0 bridgehead atoms. The van der Waals surface area contributed by atoms with Crippen molar-refractivity contribution in [2.75, 3.05) is 25.1 Å². The lowest BCUT2D eigenvalue weighted by molar-refractivity contribution is 0.131. The zero-order valence-electron chi connectivity index (χ0n) is 9.58. The number of nitrogens with zero attached hydrogens (tertiary/aromatic N) is 2. The van der Waals surface area contributed by atoms with E-state index in [0.717, 1.165) is 43.0 Å². The van der Waals surface area contributed by atoms with Crippen LogP contribution in [0.1, 0.15) is 26.2 Å². The van der Waals surface area contributed by atoms with E-state index >= 15 is 0 Å². The minimum Gasteiger partial charge on any atom is -0.381 e. The fourth-order valence-electron chi connectivity index (χ4n) is 1.17. The maximum Gasteiger partial charge on any atom is 0.130 e. The van der Waals surface area contributed by atoms with Crippen molar-refractivity contribution in [2.24, 2.45) is 0 Å². The van der Waals surface area contributed by atoms with Gasteiger partial charge in [0.25, 0.3) is 0 Å². The van der Waals surface area contributed by atoms with Crippen molar-refractivity contribution in [3.63, 3.8) is 0 Å². The number of anilines is 1. The number of unbranched alkanes of at least 4 members (excludes halogenated alkanes) is 1. The summed E-state index contributed by atoms with van der Waals surface area (Å²) in [6.07, 6.45) is 4.86. The Morgan fingerprint density at radius 2 is 2.12 bits per heavy atom. The maximum absolute atomic E-state index is 5.45. The van der Waals surface area contributed by atoms with Gasteiger partial charge in [0.2, 0.25) is 0 Å². The predicted octanol–water partition coefficient (Wildman–Crippen LogP) is 2.86. The minimum absolute atomic E-state index is 0.796. The van der Waals surface area contributed by atoms with E-state index in [1.54, 1.807) is 0 Å². The Labute approximate surface area is 105 Å². The normalized spacial score (nSPS) is 10.4. The van der Waals surface area contributed by atoms with Crippen LogP contribution in [0.3, 0.4) is 0 Å². The smallest absolute Gasteiger partial charge is 0.130 e. The lowest BCUT2D eigenvalue weighted by Gasteiger charge is -2.06. The van der Waals surface area contributed by atoms with Crippen molar-refractivity contribution in [3.05, 3.63) is 17.0 Å². The van der Waals surface area contributed by atoms with Gasteiger partial charge in [-0.2, -0.15) is 0 Å². The van der Waals surface area contributed by atoms with Gasteiger partial charge < -0.3 is 10.1 Å². The molecule has 0 aliphatic rings. The average Bonchev–Trinajstić information content (AvgIpc) is 2.28. The van der Waals surface area contributed by atoms with Gasteiger partial charge in [-0.25, -0.2) is 9.97 Å². The Kier molecular flexibility index (Phi) is 7.09. The highest BCUT2D eigenvalue weighted by atomic mass is 79.9. The van der Waals surface area contributed by atoms with Crippen LogP contribution in [0.25, 0.3) is 0 Å². The van der Waals surface area contributed by atoms with Crippen LogP contribution in [0.2, 0.25) is 0 Å². The first-order valence-corrected chi connectivity index (χ1v) is 6.41. The SMILES string of the molecule is CCCCOCCCNc1cc(Br)ncn1. The molecule has 0 saturated carbocycles. The van der Waals surface area contributed by atoms with Crippen LogP contribution in [0, 0.1) is 0 Å². The van der Waals surface area contributed by atoms with Gasteiger partial charge in [-0.1, -0.05) is 13.3 Å². The molecule has 0 radical (unpaired) electrons. The van der Waals surface area contributed by atoms with Crippen molar-refractivity contribution in [1.29, 1.82) is 0 Å². The van der Waals surface area contributed by atoms with E-state index in [4.69, 9.17) is 4.74 Å². The molecule has 1 aromatic heterocycles. The molecule has 5 heteroatoms. The molecule has 0 aliphatic carbocycles. The number of hydrogen-bond acceptors (Lipinski definition) is 4. The van der Waals surface area contributed by atoms with Crippen molar-refractivity contribution >= 4 is 21.7 Å². The highest BCUT2D eigenvalue weighted by Crippen LogP contribution is 2.09. The molecule has 4 nitrogen and oxygen atoms in total.